The maximum absolute atomic E-state index is 12.3. The molecule has 27 heavy (non-hydrogen) atoms. The number of hydrogen-bond acceptors (Lipinski definition) is 4. The molecule has 0 radical (unpaired) electrons. The molecular weight excluding hydrogens is 346 g/mol. The van der Waals surface area contributed by atoms with Crippen LogP contribution in [-0.4, -0.2) is 42.3 Å². The zero-order chi connectivity index (χ0) is 19.2. The highest BCUT2D eigenvalue weighted by atomic mass is 16.3. The van der Waals surface area contributed by atoms with Crippen LogP contribution >= 0.6 is 0 Å². The summed E-state index contributed by atoms with van der Waals surface area (Å²) in [6.07, 6.45) is 4.49. The summed E-state index contributed by atoms with van der Waals surface area (Å²) in [6.45, 7) is 3.63. The van der Waals surface area contributed by atoms with E-state index in [4.69, 9.17) is 4.42 Å². The van der Waals surface area contributed by atoms with Crippen LogP contribution in [0.2, 0.25) is 0 Å². The number of nitrogens with zero attached hydrogens (tertiary/aromatic N) is 1. The fourth-order valence-electron chi connectivity index (χ4n) is 3.05. The molecule has 3 amide bonds. The summed E-state index contributed by atoms with van der Waals surface area (Å²) < 4.78 is 4.95. The topological polar surface area (TPSA) is 91.7 Å². The van der Waals surface area contributed by atoms with Crippen LogP contribution in [0.5, 0.6) is 0 Å². The number of piperidine rings is 1. The average Bonchev–Trinajstić information content (AvgIpc) is 3.22. The lowest BCUT2D eigenvalue weighted by Gasteiger charge is -2.31. The van der Waals surface area contributed by atoms with Gasteiger partial charge in [-0.15, -0.1) is 0 Å². The maximum Gasteiger partial charge on any atom is 0.313 e. The number of likely N-dealkylation sites (tertiary alicyclic amines) is 1. The van der Waals surface area contributed by atoms with Gasteiger partial charge in [-0.3, -0.25) is 14.4 Å². The Bertz CT molecular complexity index is 791. The fraction of sp³-hybridized carbons (Fsp3) is 0.350. The van der Waals surface area contributed by atoms with Crippen molar-refractivity contribution in [3.05, 3.63) is 54.0 Å². The van der Waals surface area contributed by atoms with E-state index in [1.807, 2.05) is 19.1 Å². The molecule has 1 aromatic heterocycles. The Morgan fingerprint density at radius 2 is 1.78 bits per heavy atom. The normalized spacial score (nSPS) is 14.6. The second-order valence-corrected chi connectivity index (χ2v) is 6.78. The first-order valence-corrected chi connectivity index (χ1v) is 9.00. The molecule has 7 heteroatoms. The molecule has 3 rings (SSSR count). The van der Waals surface area contributed by atoms with Gasteiger partial charge >= 0.3 is 11.8 Å². The monoisotopic (exact) mass is 369 g/mol. The summed E-state index contributed by atoms with van der Waals surface area (Å²) >= 11 is 0. The van der Waals surface area contributed by atoms with Gasteiger partial charge in [0.05, 0.1) is 11.8 Å². The molecule has 2 N–H and O–H groups in total. The van der Waals surface area contributed by atoms with Crippen molar-refractivity contribution in [3.63, 3.8) is 0 Å². The summed E-state index contributed by atoms with van der Waals surface area (Å²) in [4.78, 5) is 38.0. The number of hydrogen-bond donors (Lipinski definition) is 2. The second kappa shape index (κ2) is 8.53. The third-order valence-corrected chi connectivity index (χ3v) is 4.74. The van der Waals surface area contributed by atoms with Gasteiger partial charge in [0.15, 0.2) is 0 Å². The lowest BCUT2D eigenvalue weighted by molar-refractivity contribution is -0.136. The van der Waals surface area contributed by atoms with Crippen molar-refractivity contribution >= 4 is 23.4 Å². The van der Waals surface area contributed by atoms with E-state index in [2.05, 4.69) is 10.6 Å². The molecule has 142 valence electrons. The minimum absolute atomic E-state index is 0.0382. The summed E-state index contributed by atoms with van der Waals surface area (Å²) in [7, 11) is 0. The first-order valence-electron chi connectivity index (χ1n) is 9.00. The molecule has 1 fully saturated rings. The van der Waals surface area contributed by atoms with Crippen molar-refractivity contribution in [2.45, 2.75) is 19.8 Å². The molecule has 1 aromatic carbocycles. The van der Waals surface area contributed by atoms with Crippen molar-refractivity contribution < 1.29 is 18.8 Å². The van der Waals surface area contributed by atoms with E-state index < -0.39 is 11.8 Å². The number of furan rings is 1. The Labute approximate surface area is 157 Å². The molecular formula is C20H23N3O4. The number of nitrogens with one attached hydrogen (secondary N) is 2. The largest absolute Gasteiger partial charge is 0.472 e. The van der Waals surface area contributed by atoms with Gasteiger partial charge in [0.2, 0.25) is 0 Å². The van der Waals surface area contributed by atoms with E-state index in [9.17, 15) is 14.4 Å². The van der Waals surface area contributed by atoms with E-state index in [0.717, 1.165) is 18.4 Å². The van der Waals surface area contributed by atoms with Gasteiger partial charge < -0.3 is 20.0 Å². The van der Waals surface area contributed by atoms with Crippen molar-refractivity contribution in [2.24, 2.45) is 5.92 Å². The Balaban J connectivity index is 1.40. The van der Waals surface area contributed by atoms with Gasteiger partial charge in [-0.2, -0.15) is 0 Å². The van der Waals surface area contributed by atoms with E-state index in [-0.39, 0.29) is 11.8 Å². The van der Waals surface area contributed by atoms with Crippen LogP contribution in [-0.2, 0) is 9.59 Å². The number of anilines is 1. The SMILES string of the molecule is Cc1ccc(NC(=O)C(=O)NCC2CCN(C(=O)c3ccoc3)CC2)cc1. The number of benzene rings is 1. The lowest BCUT2D eigenvalue weighted by atomic mass is 9.96. The number of rotatable bonds is 4. The zero-order valence-corrected chi connectivity index (χ0v) is 15.2. The van der Waals surface area contributed by atoms with Crippen LogP contribution in [0, 0.1) is 12.8 Å². The highest BCUT2D eigenvalue weighted by Crippen LogP contribution is 2.18. The molecule has 0 unspecified atom stereocenters. The first-order chi connectivity index (χ1) is 13.0. The summed E-state index contributed by atoms with van der Waals surface area (Å²) in [5.41, 5.74) is 2.22. The Kier molecular flexibility index (Phi) is 5.90. The Hall–Kier alpha value is -3.09. The summed E-state index contributed by atoms with van der Waals surface area (Å²) in [5.74, 6) is -1.11. The smallest absolute Gasteiger partial charge is 0.313 e. The zero-order valence-electron chi connectivity index (χ0n) is 15.2. The molecule has 7 nitrogen and oxygen atoms in total. The summed E-state index contributed by atoms with van der Waals surface area (Å²) in [5, 5.41) is 5.27. The highest BCUT2D eigenvalue weighted by Gasteiger charge is 2.25. The predicted molar refractivity (Wildman–Crippen MR) is 100 cm³/mol. The van der Waals surface area contributed by atoms with Crippen LogP contribution in [0.4, 0.5) is 5.69 Å². The van der Waals surface area contributed by atoms with Gasteiger partial charge in [0, 0.05) is 25.3 Å². The minimum atomic E-state index is -0.675. The molecule has 1 aliphatic rings. The van der Waals surface area contributed by atoms with Gasteiger partial charge in [0.25, 0.3) is 5.91 Å². The van der Waals surface area contributed by atoms with E-state index in [0.29, 0.717) is 30.9 Å². The van der Waals surface area contributed by atoms with Crippen molar-refractivity contribution in [1.82, 2.24) is 10.2 Å². The van der Waals surface area contributed by atoms with Crippen molar-refractivity contribution in [1.29, 1.82) is 0 Å². The second-order valence-electron chi connectivity index (χ2n) is 6.78. The molecule has 1 aliphatic heterocycles. The van der Waals surface area contributed by atoms with E-state index >= 15 is 0 Å². The number of aryl methyl sites for hydroxylation is 1. The molecule has 0 spiro atoms. The van der Waals surface area contributed by atoms with Crippen LogP contribution in [0.1, 0.15) is 28.8 Å². The van der Waals surface area contributed by atoms with Crippen LogP contribution in [0.25, 0.3) is 0 Å². The van der Waals surface area contributed by atoms with E-state index in [1.165, 1.54) is 12.5 Å². The Morgan fingerprint density at radius 1 is 1.07 bits per heavy atom. The van der Waals surface area contributed by atoms with Crippen molar-refractivity contribution in [3.8, 4) is 0 Å². The minimum Gasteiger partial charge on any atom is -0.472 e. The van der Waals surface area contributed by atoms with Crippen LogP contribution in [0.15, 0.2) is 47.3 Å². The van der Waals surface area contributed by atoms with Gasteiger partial charge in [-0.05, 0) is 43.9 Å². The lowest BCUT2D eigenvalue weighted by Crippen LogP contribution is -2.43. The van der Waals surface area contributed by atoms with Crippen molar-refractivity contribution in [2.75, 3.05) is 25.0 Å². The standard InChI is InChI=1S/C20H23N3O4/c1-14-2-4-17(5-3-14)22-19(25)18(24)21-12-15-6-9-23(10-7-15)20(26)16-8-11-27-13-16/h2-5,8,11,13,15H,6-7,9-10,12H2,1H3,(H,21,24)(H,22,25). The van der Waals surface area contributed by atoms with Gasteiger partial charge in [-0.1, -0.05) is 17.7 Å². The molecule has 0 bridgehead atoms. The van der Waals surface area contributed by atoms with Crippen LogP contribution in [0.3, 0.4) is 0 Å². The average molecular weight is 369 g/mol. The molecule has 2 aromatic rings. The number of amides is 3. The summed E-state index contributed by atoms with van der Waals surface area (Å²) in [6, 6.07) is 8.90. The quantitative estimate of drug-likeness (QED) is 0.808. The maximum atomic E-state index is 12.3. The molecule has 0 saturated carbocycles. The third-order valence-electron chi connectivity index (χ3n) is 4.74. The number of carbonyl (C=O) groups excluding carboxylic acids is 3. The molecule has 0 aliphatic carbocycles. The highest BCUT2D eigenvalue weighted by molar-refractivity contribution is 6.39. The first kappa shape index (κ1) is 18.7. The third kappa shape index (κ3) is 4.97. The number of carbonyl (C=O) groups is 3. The molecule has 1 saturated heterocycles. The predicted octanol–water partition coefficient (Wildman–Crippen LogP) is 2.20. The molecule has 2 heterocycles. The van der Waals surface area contributed by atoms with Gasteiger partial charge in [-0.25, -0.2) is 0 Å². The Morgan fingerprint density at radius 3 is 2.41 bits per heavy atom. The molecule has 0 atom stereocenters. The van der Waals surface area contributed by atoms with Crippen LogP contribution < -0.4 is 10.6 Å². The van der Waals surface area contributed by atoms with Gasteiger partial charge in [0.1, 0.15) is 6.26 Å². The fourth-order valence-corrected chi connectivity index (χ4v) is 3.05. The van der Waals surface area contributed by atoms with E-state index in [1.54, 1.807) is 23.1 Å².